The molecule has 6 nitrogen and oxygen atoms in total. The zero-order valence-electron chi connectivity index (χ0n) is 14.3. The Balaban J connectivity index is 1.91. The van der Waals surface area contributed by atoms with Crippen molar-refractivity contribution in [2.24, 2.45) is 0 Å². The van der Waals surface area contributed by atoms with Gasteiger partial charge in [-0.2, -0.15) is 0 Å². The molecule has 0 bridgehead atoms. The van der Waals surface area contributed by atoms with Crippen molar-refractivity contribution in [2.45, 2.75) is 81.0 Å². The lowest BCUT2D eigenvalue weighted by atomic mass is 9.84. The topological polar surface area (TPSA) is 66.4 Å². The van der Waals surface area contributed by atoms with Gasteiger partial charge in [0.05, 0.1) is 6.10 Å². The predicted octanol–water partition coefficient (Wildman–Crippen LogP) is 1.89. The minimum absolute atomic E-state index is 0.184. The van der Waals surface area contributed by atoms with Crippen LogP contribution in [0.1, 0.15) is 39.5 Å². The second-order valence-electron chi connectivity index (χ2n) is 6.44. The lowest BCUT2D eigenvalue weighted by Gasteiger charge is -2.60. The quantitative estimate of drug-likeness (QED) is 0.832. The van der Waals surface area contributed by atoms with Gasteiger partial charge in [0.15, 0.2) is 0 Å². The Hall–Kier alpha value is 0.110. The van der Waals surface area contributed by atoms with Crippen LogP contribution in [0.4, 0.5) is 0 Å². The second-order valence-corrected chi connectivity index (χ2v) is 7.82. The second kappa shape index (κ2) is 6.78. The summed E-state index contributed by atoms with van der Waals surface area (Å²) >= 11 is 1.58. The molecule has 1 saturated carbocycles. The molecule has 1 N–H and O–H groups in total. The summed E-state index contributed by atoms with van der Waals surface area (Å²) < 4.78 is 30.2. The molecule has 0 spiro atoms. The minimum atomic E-state index is -0.972. The molecular formula is C16H28O6S. The van der Waals surface area contributed by atoms with Crippen molar-refractivity contribution < 1.29 is 28.8 Å². The highest BCUT2D eigenvalue weighted by molar-refractivity contribution is 7.99. The fourth-order valence-corrected chi connectivity index (χ4v) is 4.97. The van der Waals surface area contributed by atoms with Gasteiger partial charge in [-0.15, -0.1) is 11.8 Å². The van der Waals surface area contributed by atoms with Crippen molar-refractivity contribution in [3.63, 3.8) is 0 Å². The maximum Gasteiger partial charge on any atom is 0.223 e. The number of ether oxygens (including phenoxy) is 5. The van der Waals surface area contributed by atoms with Crippen LogP contribution in [0.3, 0.4) is 0 Å². The highest BCUT2D eigenvalue weighted by Crippen LogP contribution is 2.51. The smallest absolute Gasteiger partial charge is 0.223 e. The number of aliphatic hydroxyl groups excluding tert-OH is 1. The SMILES string of the molecule is CCS[C@@H]1O[C@@H](C)[C@@H]2O[C@]3(OC)CCCC[C@@]3(OC)O[C@H]2[C@H]1O. The van der Waals surface area contributed by atoms with Gasteiger partial charge in [0.1, 0.15) is 23.7 Å². The maximum absolute atomic E-state index is 10.7. The molecule has 7 heteroatoms. The Morgan fingerprint density at radius 3 is 2.17 bits per heavy atom. The average Bonchev–Trinajstić information content (AvgIpc) is 2.58. The third-order valence-electron chi connectivity index (χ3n) is 5.24. The van der Waals surface area contributed by atoms with Gasteiger partial charge in [-0.05, 0) is 25.5 Å². The van der Waals surface area contributed by atoms with E-state index in [1.54, 1.807) is 26.0 Å². The van der Waals surface area contributed by atoms with Crippen molar-refractivity contribution in [1.29, 1.82) is 0 Å². The van der Waals surface area contributed by atoms with Crippen molar-refractivity contribution in [1.82, 2.24) is 0 Å². The van der Waals surface area contributed by atoms with Crippen LogP contribution < -0.4 is 0 Å². The molecule has 23 heavy (non-hydrogen) atoms. The van der Waals surface area contributed by atoms with E-state index in [4.69, 9.17) is 23.7 Å². The van der Waals surface area contributed by atoms with E-state index in [-0.39, 0.29) is 17.6 Å². The number of rotatable bonds is 4. The van der Waals surface area contributed by atoms with Gasteiger partial charge in [0.2, 0.25) is 11.6 Å². The Bertz CT molecular complexity index is 423. The fraction of sp³-hybridized carbons (Fsp3) is 1.00. The summed E-state index contributed by atoms with van der Waals surface area (Å²) in [5.74, 6) is -1.05. The molecule has 3 rings (SSSR count). The minimum Gasteiger partial charge on any atom is -0.387 e. The predicted molar refractivity (Wildman–Crippen MR) is 86.2 cm³/mol. The molecule has 2 aliphatic heterocycles. The molecule has 0 amide bonds. The van der Waals surface area contributed by atoms with Crippen LogP contribution in [-0.2, 0) is 23.7 Å². The highest BCUT2D eigenvalue weighted by Gasteiger charge is 2.66. The first-order chi connectivity index (χ1) is 11.0. The number of thioether (sulfide) groups is 1. The Morgan fingerprint density at radius 2 is 1.65 bits per heavy atom. The molecule has 0 aromatic rings. The fourth-order valence-electron chi connectivity index (χ4n) is 4.03. The van der Waals surface area contributed by atoms with E-state index in [1.165, 1.54) is 0 Å². The van der Waals surface area contributed by atoms with Gasteiger partial charge in [-0.25, -0.2) is 0 Å². The third kappa shape index (κ3) is 2.74. The molecule has 0 radical (unpaired) electrons. The van der Waals surface area contributed by atoms with Crippen LogP contribution in [-0.4, -0.2) is 66.5 Å². The lowest BCUT2D eigenvalue weighted by Crippen LogP contribution is -2.74. The summed E-state index contributed by atoms with van der Waals surface area (Å²) in [6.07, 6.45) is 1.57. The standard InChI is InChI=1S/C16H28O6S/c1-5-23-14-11(17)13-12(10(2)20-14)21-15(18-3)8-6-7-9-16(15,19-4)22-13/h10-14,17H,5-9H2,1-4H3/t10-,11+,12-,13-,14-,15+,16+/m0/s1. The van der Waals surface area contributed by atoms with Gasteiger partial charge >= 0.3 is 0 Å². The van der Waals surface area contributed by atoms with E-state index in [9.17, 15) is 5.11 Å². The molecule has 0 unspecified atom stereocenters. The summed E-state index contributed by atoms with van der Waals surface area (Å²) in [7, 11) is 3.25. The van der Waals surface area contributed by atoms with Gasteiger partial charge in [-0.3, -0.25) is 0 Å². The molecule has 3 aliphatic rings. The Kier molecular flexibility index (Phi) is 5.28. The first-order valence-electron chi connectivity index (χ1n) is 8.43. The number of hydrogen-bond acceptors (Lipinski definition) is 7. The van der Waals surface area contributed by atoms with Gasteiger partial charge < -0.3 is 28.8 Å². The summed E-state index contributed by atoms with van der Waals surface area (Å²) in [5.41, 5.74) is -0.313. The summed E-state index contributed by atoms with van der Waals surface area (Å²) in [4.78, 5) is 0. The van der Waals surface area contributed by atoms with E-state index >= 15 is 0 Å². The van der Waals surface area contributed by atoms with Crippen molar-refractivity contribution in [3.8, 4) is 0 Å². The van der Waals surface area contributed by atoms with Crippen LogP contribution in [0.2, 0.25) is 0 Å². The van der Waals surface area contributed by atoms with E-state index < -0.39 is 23.8 Å². The number of aliphatic hydroxyl groups is 1. The monoisotopic (exact) mass is 348 g/mol. The number of methoxy groups -OCH3 is 2. The highest BCUT2D eigenvalue weighted by atomic mass is 32.2. The van der Waals surface area contributed by atoms with Crippen LogP contribution in [0.5, 0.6) is 0 Å². The molecule has 134 valence electrons. The van der Waals surface area contributed by atoms with Crippen molar-refractivity contribution in [2.75, 3.05) is 20.0 Å². The molecular weight excluding hydrogens is 320 g/mol. The van der Waals surface area contributed by atoms with Gasteiger partial charge in [0.25, 0.3) is 0 Å². The van der Waals surface area contributed by atoms with E-state index in [0.717, 1.165) is 18.6 Å². The van der Waals surface area contributed by atoms with E-state index in [0.29, 0.717) is 12.8 Å². The molecule has 2 heterocycles. The first kappa shape index (κ1) is 17.9. The number of fused-ring (bicyclic) bond motifs is 2. The zero-order valence-corrected chi connectivity index (χ0v) is 15.1. The first-order valence-corrected chi connectivity index (χ1v) is 9.48. The molecule has 2 saturated heterocycles. The van der Waals surface area contributed by atoms with Crippen LogP contribution in [0.15, 0.2) is 0 Å². The molecule has 3 fully saturated rings. The Labute approximate surface area is 142 Å². The van der Waals surface area contributed by atoms with Crippen molar-refractivity contribution >= 4 is 11.8 Å². The number of hydrogen-bond donors (Lipinski definition) is 1. The van der Waals surface area contributed by atoms with Crippen molar-refractivity contribution in [3.05, 3.63) is 0 Å². The largest absolute Gasteiger partial charge is 0.387 e. The average molecular weight is 348 g/mol. The lowest BCUT2D eigenvalue weighted by molar-refractivity contribution is -0.487. The Morgan fingerprint density at radius 1 is 1.09 bits per heavy atom. The van der Waals surface area contributed by atoms with Crippen LogP contribution >= 0.6 is 11.8 Å². The van der Waals surface area contributed by atoms with Gasteiger partial charge in [-0.1, -0.05) is 6.92 Å². The van der Waals surface area contributed by atoms with Crippen LogP contribution in [0.25, 0.3) is 0 Å². The summed E-state index contributed by atoms with van der Waals surface area (Å²) in [6, 6.07) is 0. The molecule has 0 aromatic heterocycles. The third-order valence-corrected chi connectivity index (χ3v) is 6.29. The molecule has 0 aromatic carbocycles. The summed E-state index contributed by atoms with van der Waals surface area (Å²) in [5, 5.41) is 10.7. The normalized spacial score (nSPS) is 50.2. The maximum atomic E-state index is 10.7. The molecule has 7 atom stereocenters. The van der Waals surface area contributed by atoms with E-state index in [2.05, 4.69) is 0 Å². The molecule has 1 aliphatic carbocycles. The van der Waals surface area contributed by atoms with Crippen LogP contribution in [0, 0.1) is 0 Å². The van der Waals surface area contributed by atoms with E-state index in [1.807, 2.05) is 13.8 Å². The zero-order chi connectivity index (χ0) is 16.7. The summed E-state index contributed by atoms with van der Waals surface area (Å²) in [6.45, 7) is 4.01. The van der Waals surface area contributed by atoms with Gasteiger partial charge in [0, 0.05) is 27.1 Å².